The molecule has 1 heterocycles. The van der Waals surface area contributed by atoms with E-state index in [1.807, 2.05) is 0 Å². The van der Waals surface area contributed by atoms with Crippen LogP contribution in [0.4, 0.5) is 0 Å². The highest BCUT2D eigenvalue weighted by Crippen LogP contribution is 2.32. The molecule has 0 aromatic heterocycles. The molecule has 0 N–H and O–H groups in total. The normalized spacial score (nSPS) is 16.0. The van der Waals surface area contributed by atoms with Gasteiger partial charge in [-0.15, -0.1) is 6.42 Å². The Bertz CT molecular complexity index is 832. The molecule has 114 valence electrons. The van der Waals surface area contributed by atoms with Gasteiger partial charge in [-0.3, -0.25) is 15.1 Å². The summed E-state index contributed by atoms with van der Waals surface area (Å²) in [6, 6.07) is 11.4. The molecule has 2 aromatic carbocycles. The number of hydrogen-bond donors (Lipinski definition) is 0. The van der Waals surface area contributed by atoms with Gasteiger partial charge in [-0.05, 0) is 35.9 Å². The van der Waals surface area contributed by atoms with Crippen molar-refractivity contribution in [1.29, 1.82) is 0 Å². The average molecular weight is 306 g/mol. The highest BCUT2D eigenvalue weighted by Gasteiger charge is 2.35. The molecule has 23 heavy (non-hydrogen) atoms. The minimum absolute atomic E-state index is 0.307. The van der Waals surface area contributed by atoms with Gasteiger partial charge in [0.25, 0.3) is 6.04 Å². The van der Waals surface area contributed by atoms with Crippen molar-refractivity contribution in [2.24, 2.45) is 4.99 Å². The van der Waals surface area contributed by atoms with Crippen molar-refractivity contribution in [2.45, 2.75) is 12.6 Å². The Balaban J connectivity index is 2.06. The Morgan fingerprint density at radius 3 is 2.65 bits per heavy atom. The van der Waals surface area contributed by atoms with Crippen molar-refractivity contribution in [1.82, 2.24) is 0 Å². The SMILES string of the molecule is C#Cc1ccc(C2=NCc3cc(OC)ccc3C2[N+](=O)[O-])cc1. The first kappa shape index (κ1) is 14.8. The van der Waals surface area contributed by atoms with Crippen molar-refractivity contribution in [3.8, 4) is 18.1 Å². The van der Waals surface area contributed by atoms with Crippen LogP contribution in [0, 0.1) is 22.5 Å². The fourth-order valence-corrected chi connectivity index (χ4v) is 2.72. The summed E-state index contributed by atoms with van der Waals surface area (Å²) in [6.45, 7) is 0.392. The Labute approximate surface area is 133 Å². The summed E-state index contributed by atoms with van der Waals surface area (Å²) in [7, 11) is 1.57. The highest BCUT2D eigenvalue weighted by molar-refractivity contribution is 6.05. The molecule has 1 atom stereocenters. The van der Waals surface area contributed by atoms with E-state index in [4.69, 9.17) is 11.2 Å². The van der Waals surface area contributed by atoms with Crippen molar-refractivity contribution < 1.29 is 9.66 Å². The molecule has 0 radical (unpaired) electrons. The molecule has 1 unspecified atom stereocenters. The second kappa shape index (κ2) is 5.93. The maximum absolute atomic E-state index is 11.6. The summed E-state index contributed by atoms with van der Waals surface area (Å²) >= 11 is 0. The van der Waals surface area contributed by atoms with Crippen LogP contribution < -0.4 is 4.74 Å². The van der Waals surface area contributed by atoms with Crippen molar-refractivity contribution in [3.05, 3.63) is 74.8 Å². The van der Waals surface area contributed by atoms with E-state index in [1.54, 1.807) is 49.6 Å². The minimum atomic E-state index is -0.985. The molecule has 5 nitrogen and oxygen atoms in total. The topological polar surface area (TPSA) is 64.7 Å². The number of hydrogen-bond acceptors (Lipinski definition) is 4. The smallest absolute Gasteiger partial charge is 0.280 e. The molecule has 0 fully saturated rings. The van der Waals surface area contributed by atoms with Gasteiger partial charge >= 0.3 is 0 Å². The maximum Gasteiger partial charge on any atom is 0.280 e. The number of benzene rings is 2. The van der Waals surface area contributed by atoms with Crippen LogP contribution in [-0.4, -0.2) is 17.7 Å². The number of methoxy groups -OCH3 is 1. The van der Waals surface area contributed by atoms with Gasteiger partial charge in [0.2, 0.25) is 0 Å². The van der Waals surface area contributed by atoms with Gasteiger partial charge in [0.15, 0.2) is 0 Å². The molecule has 1 aliphatic rings. The van der Waals surface area contributed by atoms with Crippen LogP contribution in [0.1, 0.15) is 28.3 Å². The molecule has 5 heteroatoms. The van der Waals surface area contributed by atoms with Crippen LogP contribution in [0.15, 0.2) is 47.5 Å². The largest absolute Gasteiger partial charge is 0.497 e. The molecular weight excluding hydrogens is 292 g/mol. The molecule has 2 aromatic rings. The minimum Gasteiger partial charge on any atom is -0.497 e. The Hall–Kier alpha value is -3.13. The lowest BCUT2D eigenvalue weighted by Gasteiger charge is -2.21. The molecular formula is C18H14N2O3. The lowest BCUT2D eigenvalue weighted by molar-refractivity contribution is -0.508. The fraction of sp³-hybridized carbons (Fsp3) is 0.167. The zero-order valence-corrected chi connectivity index (χ0v) is 12.5. The number of fused-ring (bicyclic) bond motifs is 1. The number of ether oxygens (including phenoxy) is 1. The van der Waals surface area contributed by atoms with Crippen molar-refractivity contribution in [2.75, 3.05) is 7.11 Å². The Kier molecular flexibility index (Phi) is 3.82. The van der Waals surface area contributed by atoms with Crippen LogP contribution in [0.3, 0.4) is 0 Å². The molecule has 0 amide bonds. The Morgan fingerprint density at radius 1 is 1.30 bits per heavy atom. The quantitative estimate of drug-likeness (QED) is 0.497. The van der Waals surface area contributed by atoms with Crippen LogP contribution in [0.2, 0.25) is 0 Å². The van der Waals surface area contributed by atoms with Gasteiger partial charge in [0.05, 0.1) is 13.7 Å². The second-order valence-corrected chi connectivity index (χ2v) is 5.18. The van der Waals surface area contributed by atoms with Gasteiger partial charge < -0.3 is 4.74 Å². The zero-order chi connectivity index (χ0) is 16.4. The van der Waals surface area contributed by atoms with E-state index in [0.717, 1.165) is 11.1 Å². The van der Waals surface area contributed by atoms with E-state index in [0.29, 0.717) is 29.1 Å². The van der Waals surface area contributed by atoms with E-state index < -0.39 is 6.04 Å². The highest BCUT2D eigenvalue weighted by atomic mass is 16.6. The summed E-state index contributed by atoms with van der Waals surface area (Å²) in [6.07, 6.45) is 5.34. The lowest BCUT2D eigenvalue weighted by Crippen LogP contribution is -2.26. The third-order valence-electron chi connectivity index (χ3n) is 3.88. The third-order valence-corrected chi connectivity index (χ3v) is 3.88. The monoisotopic (exact) mass is 306 g/mol. The first-order valence-corrected chi connectivity index (χ1v) is 7.05. The van der Waals surface area contributed by atoms with E-state index in [2.05, 4.69) is 10.9 Å². The number of terminal acetylenes is 1. The predicted octanol–water partition coefficient (Wildman–Crippen LogP) is 3.00. The maximum atomic E-state index is 11.6. The first-order chi connectivity index (χ1) is 11.1. The van der Waals surface area contributed by atoms with Crippen LogP contribution >= 0.6 is 0 Å². The third kappa shape index (κ3) is 2.67. The van der Waals surface area contributed by atoms with E-state index in [-0.39, 0.29) is 4.92 Å². The fourth-order valence-electron chi connectivity index (χ4n) is 2.72. The standard InChI is InChI=1S/C18H14N2O3/c1-3-12-4-6-13(7-5-12)17-18(20(21)22)16-9-8-15(23-2)10-14(16)11-19-17/h1,4-10,18H,11H2,2H3. The summed E-state index contributed by atoms with van der Waals surface area (Å²) in [5.74, 6) is 3.20. The van der Waals surface area contributed by atoms with E-state index >= 15 is 0 Å². The van der Waals surface area contributed by atoms with Gasteiger partial charge in [0.1, 0.15) is 11.5 Å². The number of aliphatic imine (C=N–C) groups is 1. The van der Waals surface area contributed by atoms with Gasteiger partial charge in [-0.2, -0.15) is 0 Å². The molecule has 0 spiro atoms. The van der Waals surface area contributed by atoms with Crippen LogP contribution in [0.5, 0.6) is 5.75 Å². The lowest BCUT2D eigenvalue weighted by atomic mass is 9.90. The summed E-state index contributed by atoms with van der Waals surface area (Å²) in [5, 5.41) is 11.6. The second-order valence-electron chi connectivity index (χ2n) is 5.18. The first-order valence-electron chi connectivity index (χ1n) is 7.05. The van der Waals surface area contributed by atoms with Gasteiger partial charge in [0, 0.05) is 21.6 Å². The van der Waals surface area contributed by atoms with Gasteiger partial charge in [-0.1, -0.05) is 18.1 Å². The van der Waals surface area contributed by atoms with E-state index in [1.165, 1.54) is 0 Å². The summed E-state index contributed by atoms with van der Waals surface area (Å²) < 4.78 is 5.18. The molecule has 0 aliphatic carbocycles. The molecule has 3 rings (SSSR count). The Morgan fingerprint density at radius 2 is 2.04 bits per heavy atom. The van der Waals surface area contributed by atoms with Crippen molar-refractivity contribution in [3.63, 3.8) is 0 Å². The van der Waals surface area contributed by atoms with Crippen LogP contribution in [0.25, 0.3) is 0 Å². The molecule has 0 saturated carbocycles. The number of nitrogens with zero attached hydrogens (tertiary/aromatic N) is 2. The summed E-state index contributed by atoms with van der Waals surface area (Å²) in [4.78, 5) is 15.8. The zero-order valence-electron chi connectivity index (χ0n) is 12.5. The molecule has 0 saturated heterocycles. The molecule has 1 aliphatic heterocycles. The number of rotatable bonds is 3. The van der Waals surface area contributed by atoms with E-state index in [9.17, 15) is 10.1 Å². The van der Waals surface area contributed by atoms with Crippen LogP contribution in [-0.2, 0) is 6.54 Å². The molecule has 0 bridgehead atoms. The predicted molar refractivity (Wildman–Crippen MR) is 87.3 cm³/mol. The van der Waals surface area contributed by atoms with Crippen molar-refractivity contribution >= 4 is 5.71 Å². The summed E-state index contributed by atoms with van der Waals surface area (Å²) in [5.41, 5.74) is 3.37. The number of nitro groups is 1. The van der Waals surface area contributed by atoms with Gasteiger partial charge in [-0.25, -0.2) is 0 Å². The average Bonchev–Trinajstić information content (AvgIpc) is 2.60.